The van der Waals surface area contributed by atoms with Crippen LogP contribution in [0.2, 0.25) is 5.02 Å². The quantitative estimate of drug-likeness (QED) is 0.920. The summed E-state index contributed by atoms with van der Waals surface area (Å²) >= 11 is 6.12. The number of aliphatic carboxylic acids is 1. The Labute approximate surface area is 116 Å². The smallest absolute Gasteiger partial charge is 0.312 e. The summed E-state index contributed by atoms with van der Waals surface area (Å²) < 4.78 is 5.66. The van der Waals surface area contributed by atoms with Gasteiger partial charge in [0.15, 0.2) is 0 Å². The third kappa shape index (κ3) is 2.82. The lowest BCUT2D eigenvalue weighted by Crippen LogP contribution is -2.30. The number of carbonyl (C=O) groups is 1. The molecule has 0 unspecified atom stereocenters. The van der Waals surface area contributed by atoms with Crippen LogP contribution in [0.15, 0.2) is 36.4 Å². The minimum atomic E-state index is -0.930. The zero-order valence-electron chi connectivity index (χ0n) is 10.8. The molecule has 0 bridgehead atoms. The SMILES string of the molecule is CC(C)(COc1ccc(Cl)c2ccccc12)C(=O)O. The molecule has 0 saturated carbocycles. The highest BCUT2D eigenvalue weighted by Gasteiger charge is 2.28. The van der Waals surface area contributed by atoms with Gasteiger partial charge in [0.25, 0.3) is 0 Å². The predicted octanol–water partition coefficient (Wildman–Crippen LogP) is 3.98. The summed E-state index contributed by atoms with van der Waals surface area (Å²) in [4.78, 5) is 11.1. The van der Waals surface area contributed by atoms with Gasteiger partial charge in [0, 0.05) is 15.8 Å². The summed E-state index contributed by atoms with van der Waals surface area (Å²) in [6.07, 6.45) is 0. The molecule has 1 N–H and O–H groups in total. The molecule has 0 aliphatic rings. The number of fused-ring (bicyclic) bond motifs is 1. The molecule has 3 nitrogen and oxygen atoms in total. The van der Waals surface area contributed by atoms with E-state index in [1.54, 1.807) is 26.0 Å². The molecule has 4 heteroatoms. The van der Waals surface area contributed by atoms with Gasteiger partial charge in [-0.3, -0.25) is 4.79 Å². The van der Waals surface area contributed by atoms with Gasteiger partial charge in [0.1, 0.15) is 12.4 Å². The topological polar surface area (TPSA) is 46.5 Å². The van der Waals surface area contributed by atoms with E-state index < -0.39 is 11.4 Å². The molecule has 19 heavy (non-hydrogen) atoms. The van der Waals surface area contributed by atoms with Crippen LogP contribution in [0.5, 0.6) is 5.75 Å². The molecule has 2 aromatic carbocycles. The van der Waals surface area contributed by atoms with Gasteiger partial charge >= 0.3 is 5.97 Å². The zero-order chi connectivity index (χ0) is 14.0. The van der Waals surface area contributed by atoms with E-state index in [9.17, 15) is 4.79 Å². The summed E-state index contributed by atoms with van der Waals surface area (Å²) in [7, 11) is 0. The van der Waals surface area contributed by atoms with Crippen LogP contribution < -0.4 is 4.74 Å². The maximum atomic E-state index is 11.1. The van der Waals surface area contributed by atoms with Gasteiger partial charge in [0.05, 0.1) is 5.41 Å². The lowest BCUT2D eigenvalue weighted by Gasteiger charge is -2.20. The first-order valence-corrected chi connectivity index (χ1v) is 6.33. The Balaban J connectivity index is 2.32. The number of hydrogen-bond donors (Lipinski definition) is 1. The fourth-order valence-corrected chi connectivity index (χ4v) is 1.91. The van der Waals surface area contributed by atoms with E-state index in [2.05, 4.69) is 0 Å². The molecule has 0 aliphatic heterocycles. The van der Waals surface area contributed by atoms with E-state index in [0.29, 0.717) is 10.8 Å². The number of rotatable bonds is 4. The van der Waals surface area contributed by atoms with Crippen LogP contribution in [0, 0.1) is 5.41 Å². The van der Waals surface area contributed by atoms with Gasteiger partial charge < -0.3 is 9.84 Å². The first kappa shape index (κ1) is 13.7. The van der Waals surface area contributed by atoms with Crippen molar-refractivity contribution in [1.82, 2.24) is 0 Å². The van der Waals surface area contributed by atoms with Crippen LogP contribution in [0.3, 0.4) is 0 Å². The largest absolute Gasteiger partial charge is 0.492 e. The van der Waals surface area contributed by atoms with Crippen molar-refractivity contribution in [3.05, 3.63) is 41.4 Å². The molecule has 0 atom stereocenters. The molecule has 2 aromatic rings. The zero-order valence-corrected chi connectivity index (χ0v) is 11.6. The molecular formula is C15H15ClO3. The fraction of sp³-hybridized carbons (Fsp3) is 0.267. The number of ether oxygens (including phenoxy) is 1. The van der Waals surface area contributed by atoms with Crippen molar-refractivity contribution >= 4 is 28.3 Å². The predicted molar refractivity (Wildman–Crippen MR) is 75.9 cm³/mol. The standard InChI is InChI=1S/C15H15ClO3/c1-15(2,14(17)18)9-19-13-8-7-12(16)10-5-3-4-6-11(10)13/h3-8H,9H2,1-2H3,(H,17,18). The molecule has 0 heterocycles. The van der Waals surface area contributed by atoms with E-state index in [-0.39, 0.29) is 6.61 Å². The minimum absolute atomic E-state index is 0.105. The third-order valence-electron chi connectivity index (χ3n) is 3.00. The van der Waals surface area contributed by atoms with E-state index in [1.165, 1.54) is 0 Å². The second-order valence-corrected chi connectivity index (χ2v) is 5.48. The molecule has 100 valence electrons. The average molecular weight is 279 g/mol. The molecule has 0 aliphatic carbocycles. The van der Waals surface area contributed by atoms with Gasteiger partial charge in [0.2, 0.25) is 0 Å². The average Bonchev–Trinajstić information content (AvgIpc) is 2.38. The van der Waals surface area contributed by atoms with E-state index in [0.717, 1.165) is 10.8 Å². The van der Waals surface area contributed by atoms with Crippen molar-refractivity contribution in [2.75, 3.05) is 6.61 Å². The van der Waals surface area contributed by atoms with Crippen molar-refractivity contribution in [2.45, 2.75) is 13.8 Å². The molecule has 0 spiro atoms. The highest BCUT2D eigenvalue weighted by molar-refractivity contribution is 6.35. The summed E-state index contributed by atoms with van der Waals surface area (Å²) in [5.74, 6) is -0.236. The number of hydrogen-bond acceptors (Lipinski definition) is 2. The highest BCUT2D eigenvalue weighted by Crippen LogP contribution is 2.32. The molecule has 0 amide bonds. The molecule has 0 aromatic heterocycles. The number of benzene rings is 2. The Hall–Kier alpha value is -1.74. The summed E-state index contributed by atoms with van der Waals surface area (Å²) in [6, 6.07) is 11.1. The summed E-state index contributed by atoms with van der Waals surface area (Å²) in [6.45, 7) is 3.37. The van der Waals surface area contributed by atoms with Crippen molar-refractivity contribution in [3.8, 4) is 5.75 Å². The van der Waals surface area contributed by atoms with Gasteiger partial charge in [-0.05, 0) is 26.0 Å². The highest BCUT2D eigenvalue weighted by atomic mass is 35.5. The minimum Gasteiger partial charge on any atom is -0.492 e. The van der Waals surface area contributed by atoms with Crippen LogP contribution >= 0.6 is 11.6 Å². The fourth-order valence-electron chi connectivity index (χ4n) is 1.68. The second kappa shape index (κ2) is 5.10. The maximum absolute atomic E-state index is 11.1. The lowest BCUT2D eigenvalue weighted by molar-refractivity contribution is -0.148. The van der Waals surface area contributed by atoms with Gasteiger partial charge in [-0.15, -0.1) is 0 Å². The van der Waals surface area contributed by atoms with E-state index >= 15 is 0 Å². The lowest BCUT2D eigenvalue weighted by atomic mass is 9.95. The second-order valence-electron chi connectivity index (χ2n) is 5.07. The Bertz CT molecular complexity index is 620. The van der Waals surface area contributed by atoms with Gasteiger partial charge in [-0.2, -0.15) is 0 Å². The van der Waals surface area contributed by atoms with Crippen LogP contribution in [-0.4, -0.2) is 17.7 Å². The molecule has 2 rings (SSSR count). The van der Waals surface area contributed by atoms with Crippen molar-refractivity contribution in [3.63, 3.8) is 0 Å². The molecule has 0 fully saturated rings. The van der Waals surface area contributed by atoms with Crippen LogP contribution in [0.25, 0.3) is 10.8 Å². The van der Waals surface area contributed by atoms with E-state index in [4.69, 9.17) is 21.4 Å². The van der Waals surface area contributed by atoms with Crippen molar-refractivity contribution in [1.29, 1.82) is 0 Å². The Morgan fingerprint density at radius 2 is 1.84 bits per heavy atom. The third-order valence-corrected chi connectivity index (χ3v) is 3.33. The van der Waals surface area contributed by atoms with Gasteiger partial charge in [-0.1, -0.05) is 35.9 Å². The number of halogens is 1. The van der Waals surface area contributed by atoms with Crippen LogP contribution in [-0.2, 0) is 4.79 Å². The first-order chi connectivity index (χ1) is 8.92. The number of carboxylic acids is 1. The van der Waals surface area contributed by atoms with Crippen LogP contribution in [0.1, 0.15) is 13.8 Å². The maximum Gasteiger partial charge on any atom is 0.312 e. The Kier molecular flexibility index (Phi) is 3.67. The monoisotopic (exact) mass is 278 g/mol. The Morgan fingerprint density at radius 3 is 2.47 bits per heavy atom. The summed E-state index contributed by atoms with van der Waals surface area (Å²) in [5, 5.41) is 11.5. The van der Waals surface area contributed by atoms with Crippen molar-refractivity contribution < 1.29 is 14.6 Å². The van der Waals surface area contributed by atoms with Crippen molar-refractivity contribution in [2.24, 2.45) is 5.41 Å². The summed E-state index contributed by atoms with van der Waals surface area (Å²) in [5.41, 5.74) is -0.930. The van der Waals surface area contributed by atoms with Crippen LogP contribution in [0.4, 0.5) is 0 Å². The molecule has 0 radical (unpaired) electrons. The van der Waals surface area contributed by atoms with E-state index in [1.807, 2.05) is 24.3 Å². The normalized spacial score (nSPS) is 11.5. The number of carboxylic acid groups (broad SMARTS) is 1. The molecular weight excluding hydrogens is 264 g/mol. The van der Waals surface area contributed by atoms with Gasteiger partial charge in [-0.25, -0.2) is 0 Å². The molecule has 0 saturated heterocycles. The Morgan fingerprint density at radius 1 is 1.21 bits per heavy atom. The first-order valence-electron chi connectivity index (χ1n) is 5.95.